The van der Waals surface area contributed by atoms with Crippen LogP contribution >= 0.6 is 15.9 Å². The lowest BCUT2D eigenvalue weighted by atomic mass is 10.1. The Bertz CT molecular complexity index is 746. The summed E-state index contributed by atoms with van der Waals surface area (Å²) in [6.45, 7) is 1.13. The Kier molecular flexibility index (Phi) is 5.14. The predicted octanol–water partition coefficient (Wildman–Crippen LogP) is 4.41. The summed E-state index contributed by atoms with van der Waals surface area (Å²) >= 11 is 3.39. The molecule has 0 saturated carbocycles. The molecule has 1 amide bonds. The lowest BCUT2D eigenvalue weighted by Crippen LogP contribution is -2.41. The number of piperidine rings is 1. The van der Waals surface area contributed by atoms with Gasteiger partial charge in [-0.25, -0.2) is 8.78 Å². The molecule has 24 heavy (non-hydrogen) atoms. The largest absolute Gasteiger partial charge is 0.490 e. The van der Waals surface area contributed by atoms with E-state index in [0.29, 0.717) is 37.2 Å². The van der Waals surface area contributed by atoms with Crippen LogP contribution < -0.4 is 4.74 Å². The second kappa shape index (κ2) is 7.30. The zero-order valence-corrected chi connectivity index (χ0v) is 14.4. The molecule has 3 rings (SSSR count). The van der Waals surface area contributed by atoms with Gasteiger partial charge in [0.15, 0.2) is 11.6 Å². The monoisotopic (exact) mass is 395 g/mol. The third kappa shape index (κ3) is 3.75. The highest BCUT2D eigenvalue weighted by molar-refractivity contribution is 9.10. The van der Waals surface area contributed by atoms with Crippen LogP contribution in [0.4, 0.5) is 8.78 Å². The SMILES string of the molecule is O=C(c1ccccc1Br)N1CCC(Oc2ccc(F)c(F)c2)CC1. The Balaban J connectivity index is 1.58. The molecule has 0 bridgehead atoms. The number of amides is 1. The fraction of sp³-hybridized carbons (Fsp3) is 0.278. The first-order valence-electron chi connectivity index (χ1n) is 7.70. The van der Waals surface area contributed by atoms with E-state index in [0.717, 1.165) is 16.6 Å². The summed E-state index contributed by atoms with van der Waals surface area (Å²) in [4.78, 5) is 14.3. The molecule has 2 aromatic carbocycles. The fourth-order valence-electron chi connectivity index (χ4n) is 2.72. The molecule has 2 aromatic rings. The molecule has 1 aliphatic heterocycles. The summed E-state index contributed by atoms with van der Waals surface area (Å²) in [5.41, 5.74) is 0.637. The maximum Gasteiger partial charge on any atom is 0.255 e. The first-order valence-corrected chi connectivity index (χ1v) is 8.49. The number of ether oxygens (including phenoxy) is 1. The van der Waals surface area contributed by atoms with Gasteiger partial charge in [-0.05, 0) is 40.2 Å². The van der Waals surface area contributed by atoms with Crippen LogP contribution in [0, 0.1) is 11.6 Å². The number of hydrogen-bond acceptors (Lipinski definition) is 2. The van der Waals surface area contributed by atoms with Crippen LogP contribution in [-0.2, 0) is 0 Å². The summed E-state index contributed by atoms with van der Waals surface area (Å²) in [5.74, 6) is -1.52. The van der Waals surface area contributed by atoms with Crippen LogP contribution in [0.15, 0.2) is 46.9 Å². The normalized spacial score (nSPS) is 15.4. The molecule has 126 valence electrons. The van der Waals surface area contributed by atoms with E-state index >= 15 is 0 Å². The van der Waals surface area contributed by atoms with Crippen molar-refractivity contribution in [3.63, 3.8) is 0 Å². The maximum atomic E-state index is 13.2. The number of nitrogens with zero attached hydrogens (tertiary/aromatic N) is 1. The molecule has 0 spiro atoms. The van der Waals surface area contributed by atoms with Crippen molar-refractivity contribution in [1.29, 1.82) is 0 Å². The Morgan fingerprint density at radius 1 is 1.08 bits per heavy atom. The van der Waals surface area contributed by atoms with Gasteiger partial charge >= 0.3 is 0 Å². The quantitative estimate of drug-likeness (QED) is 0.769. The van der Waals surface area contributed by atoms with E-state index < -0.39 is 11.6 Å². The highest BCUT2D eigenvalue weighted by Crippen LogP contribution is 2.23. The van der Waals surface area contributed by atoms with Crippen LogP contribution in [0.1, 0.15) is 23.2 Å². The van der Waals surface area contributed by atoms with Gasteiger partial charge in [0.05, 0.1) is 5.56 Å². The van der Waals surface area contributed by atoms with Gasteiger partial charge in [-0.1, -0.05) is 12.1 Å². The minimum absolute atomic E-state index is 0.0197. The Hall–Kier alpha value is -1.95. The molecule has 1 heterocycles. The summed E-state index contributed by atoms with van der Waals surface area (Å²) in [7, 11) is 0. The molecular weight excluding hydrogens is 380 g/mol. The predicted molar refractivity (Wildman–Crippen MR) is 90.1 cm³/mol. The van der Waals surface area contributed by atoms with Crippen LogP contribution in [0.2, 0.25) is 0 Å². The molecule has 1 aliphatic rings. The van der Waals surface area contributed by atoms with Gasteiger partial charge in [-0.15, -0.1) is 0 Å². The molecule has 0 N–H and O–H groups in total. The summed E-state index contributed by atoms with van der Waals surface area (Å²) < 4.78 is 32.6. The van der Waals surface area contributed by atoms with E-state index in [2.05, 4.69) is 15.9 Å². The lowest BCUT2D eigenvalue weighted by Gasteiger charge is -2.32. The van der Waals surface area contributed by atoms with Crippen molar-refractivity contribution in [3.8, 4) is 5.75 Å². The average Bonchev–Trinajstić information content (AvgIpc) is 2.59. The molecule has 0 aromatic heterocycles. The molecular formula is C18H16BrF2NO2. The van der Waals surface area contributed by atoms with E-state index in [1.54, 1.807) is 11.0 Å². The highest BCUT2D eigenvalue weighted by Gasteiger charge is 2.25. The molecule has 0 radical (unpaired) electrons. The van der Waals surface area contributed by atoms with Crippen molar-refractivity contribution in [2.75, 3.05) is 13.1 Å². The molecule has 0 atom stereocenters. The first-order chi connectivity index (χ1) is 11.5. The van der Waals surface area contributed by atoms with Crippen molar-refractivity contribution in [2.24, 2.45) is 0 Å². The standard InChI is InChI=1S/C18H16BrF2NO2/c19-15-4-2-1-3-14(15)18(23)22-9-7-12(8-10-22)24-13-5-6-16(20)17(21)11-13/h1-6,11-12H,7-10H2. The minimum Gasteiger partial charge on any atom is -0.490 e. The second-order valence-electron chi connectivity index (χ2n) is 5.67. The second-order valence-corrected chi connectivity index (χ2v) is 6.52. The van der Waals surface area contributed by atoms with Crippen LogP contribution in [0.5, 0.6) is 5.75 Å². The molecule has 0 aliphatic carbocycles. The average molecular weight is 396 g/mol. The molecule has 1 fully saturated rings. The maximum absolute atomic E-state index is 13.2. The van der Waals surface area contributed by atoms with Crippen molar-refractivity contribution in [2.45, 2.75) is 18.9 Å². The molecule has 6 heteroatoms. The van der Waals surface area contributed by atoms with Crippen molar-refractivity contribution in [1.82, 2.24) is 4.90 Å². The van der Waals surface area contributed by atoms with Crippen molar-refractivity contribution >= 4 is 21.8 Å². The summed E-state index contributed by atoms with van der Waals surface area (Å²) in [6.07, 6.45) is 1.18. The fourth-order valence-corrected chi connectivity index (χ4v) is 3.18. The number of hydrogen-bond donors (Lipinski definition) is 0. The number of likely N-dealkylation sites (tertiary alicyclic amines) is 1. The number of halogens is 3. The van der Waals surface area contributed by atoms with Crippen molar-refractivity contribution < 1.29 is 18.3 Å². The van der Waals surface area contributed by atoms with Crippen LogP contribution in [0.3, 0.4) is 0 Å². The zero-order chi connectivity index (χ0) is 17.1. The molecule has 3 nitrogen and oxygen atoms in total. The molecule has 0 unspecified atom stereocenters. The van der Waals surface area contributed by atoms with Crippen molar-refractivity contribution in [3.05, 3.63) is 64.1 Å². The van der Waals surface area contributed by atoms with Gasteiger partial charge in [0.1, 0.15) is 11.9 Å². The number of benzene rings is 2. The first kappa shape index (κ1) is 16.9. The zero-order valence-electron chi connectivity index (χ0n) is 12.8. The van der Waals surface area contributed by atoms with Gasteiger partial charge in [0, 0.05) is 36.5 Å². The summed E-state index contributed by atoms with van der Waals surface area (Å²) in [5, 5.41) is 0. The van der Waals surface area contributed by atoms with E-state index in [1.165, 1.54) is 6.07 Å². The number of carbonyl (C=O) groups is 1. The number of rotatable bonds is 3. The number of carbonyl (C=O) groups excluding carboxylic acids is 1. The van der Waals surface area contributed by atoms with E-state index in [-0.39, 0.29) is 12.0 Å². The van der Waals surface area contributed by atoms with E-state index in [1.807, 2.05) is 18.2 Å². The third-order valence-corrected chi connectivity index (χ3v) is 4.72. The Labute approximate surface area is 147 Å². The van der Waals surface area contributed by atoms with Gasteiger partial charge in [0.25, 0.3) is 5.91 Å². The highest BCUT2D eigenvalue weighted by atomic mass is 79.9. The Morgan fingerprint density at radius 3 is 2.46 bits per heavy atom. The van der Waals surface area contributed by atoms with E-state index in [4.69, 9.17) is 4.74 Å². The topological polar surface area (TPSA) is 29.5 Å². The lowest BCUT2D eigenvalue weighted by molar-refractivity contribution is 0.0594. The van der Waals surface area contributed by atoms with Gasteiger partial charge in [-0.2, -0.15) is 0 Å². The Morgan fingerprint density at radius 2 is 1.79 bits per heavy atom. The third-order valence-electron chi connectivity index (χ3n) is 4.03. The van der Waals surface area contributed by atoms with Gasteiger partial charge in [0.2, 0.25) is 0 Å². The minimum atomic E-state index is -0.922. The van der Waals surface area contributed by atoms with Crippen LogP contribution in [0.25, 0.3) is 0 Å². The van der Waals surface area contributed by atoms with Gasteiger partial charge in [-0.3, -0.25) is 4.79 Å². The molecule has 1 saturated heterocycles. The summed E-state index contributed by atoms with van der Waals surface area (Å²) in [6, 6.07) is 10.8. The van der Waals surface area contributed by atoms with Gasteiger partial charge < -0.3 is 9.64 Å². The smallest absolute Gasteiger partial charge is 0.255 e. The van der Waals surface area contributed by atoms with E-state index in [9.17, 15) is 13.6 Å². The van der Waals surface area contributed by atoms with Crippen LogP contribution in [-0.4, -0.2) is 30.0 Å².